The van der Waals surface area contributed by atoms with Crippen molar-refractivity contribution in [2.24, 2.45) is 0 Å². The van der Waals surface area contributed by atoms with E-state index >= 15 is 0 Å². The van der Waals surface area contributed by atoms with Gasteiger partial charge in [-0.2, -0.15) is 4.48 Å². The monoisotopic (exact) mass is 283 g/mol. The number of carbonyl (C=O) groups is 1. The van der Waals surface area contributed by atoms with Gasteiger partial charge in [-0.1, -0.05) is 12.1 Å². The predicted octanol–water partition coefficient (Wildman–Crippen LogP) is 2.89. The molecule has 0 fully saturated rings. The van der Waals surface area contributed by atoms with Crippen LogP contribution in [-0.2, 0) is 6.54 Å². The van der Waals surface area contributed by atoms with Gasteiger partial charge in [0.2, 0.25) is 0 Å². The van der Waals surface area contributed by atoms with E-state index in [-0.39, 0.29) is 10.5 Å². The van der Waals surface area contributed by atoms with E-state index in [0.29, 0.717) is 6.54 Å². The first kappa shape index (κ1) is 13.6. The lowest BCUT2D eigenvalue weighted by Gasteiger charge is -2.28. The largest absolute Gasteiger partial charge is 0.428 e. The molecule has 0 spiro atoms. The molecule has 1 unspecified atom stereocenters. The zero-order chi connectivity index (χ0) is 15.0. The minimum absolute atomic E-state index is 0.0265. The van der Waals surface area contributed by atoms with Crippen molar-refractivity contribution in [2.75, 3.05) is 14.1 Å². The van der Waals surface area contributed by atoms with Gasteiger partial charge in [-0.05, 0) is 13.0 Å². The summed E-state index contributed by atoms with van der Waals surface area (Å²) in [4.78, 5) is 21.9. The van der Waals surface area contributed by atoms with Crippen LogP contribution in [0, 0.1) is 6.92 Å². The Morgan fingerprint density at radius 1 is 1.38 bits per heavy atom. The van der Waals surface area contributed by atoms with Gasteiger partial charge in [0.25, 0.3) is 0 Å². The summed E-state index contributed by atoms with van der Waals surface area (Å²) in [7, 11) is 3.73. The summed E-state index contributed by atoms with van der Waals surface area (Å²) in [6.07, 6.45) is 5.59. The Kier molecular flexibility index (Phi) is 3.14. The first-order valence-electron chi connectivity index (χ1n) is 6.92. The number of hydrogen-bond donors (Lipinski definition) is 1. The number of rotatable bonds is 2. The number of imidazole rings is 1. The molecule has 108 valence electrons. The number of para-hydroxylation sites is 1. The van der Waals surface area contributed by atoms with E-state index in [4.69, 9.17) is 0 Å². The number of H-pyrrole nitrogens is 1. The van der Waals surface area contributed by atoms with E-state index in [0.717, 1.165) is 22.6 Å². The molecule has 0 saturated heterocycles. The first-order chi connectivity index (χ1) is 10.0. The summed E-state index contributed by atoms with van der Waals surface area (Å²) in [5.41, 5.74) is 3.99. The first-order valence-corrected chi connectivity index (χ1v) is 6.92. The van der Waals surface area contributed by atoms with Crippen LogP contribution < -0.4 is 4.48 Å². The van der Waals surface area contributed by atoms with Gasteiger partial charge in [0.05, 0.1) is 25.6 Å². The molecule has 5 nitrogen and oxygen atoms in total. The molecule has 2 aromatic rings. The maximum Gasteiger partial charge on any atom is 0.428 e. The van der Waals surface area contributed by atoms with Crippen molar-refractivity contribution < 1.29 is 4.79 Å². The van der Waals surface area contributed by atoms with Crippen molar-refractivity contribution in [3.63, 3.8) is 0 Å². The van der Waals surface area contributed by atoms with Gasteiger partial charge in [0, 0.05) is 30.4 Å². The minimum Gasteiger partial charge on any atom is -0.348 e. The van der Waals surface area contributed by atoms with Crippen LogP contribution >= 0.6 is 0 Å². The van der Waals surface area contributed by atoms with Crippen LogP contribution in [0.15, 0.2) is 36.8 Å². The standard InChI is InChI=1S/C16H19N4O/c1-12-14(18-11-17-12)10-19(2)16(21)20(3)9-8-13-6-4-5-7-15(13)20/h4-9,11H,10H2,1-3H3,(H,17,18)/q+1. The number of carbonyl (C=O) groups excluding carboxylic acids is 1. The second-order valence-corrected chi connectivity index (χ2v) is 5.56. The zero-order valence-corrected chi connectivity index (χ0v) is 12.5. The highest BCUT2D eigenvalue weighted by atomic mass is 16.2. The predicted molar refractivity (Wildman–Crippen MR) is 83.4 cm³/mol. The van der Waals surface area contributed by atoms with E-state index in [2.05, 4.69) is 9.97 Å². The van der Waals surface area contributed by atoms with Crippen molar-refractivity contribution >= 4 is 17.8 Å². The van der Waals surface area contributed by atoms with Crippen LogP contribution in [-0.4, -0.2) is 35.0 Å². The normalized spacial score (nSPS) is 19.6. The highest BCUT2D eigenvalue weighted by Crippen LogP contribution is 2.34. The Labute approximate surface area is 124 Å². The van der Waals surface area contributed by atoms with Gasteiger partial charge in [0.15, 0.2) is 5.69 Å². The lowest BCUT2D eigenvalue weighted by Crippen LogP contribution is -2.51. The second-order valence-electron chi connectivity index (χ2n) is 5.56. The molecule has 2 heterocycles. The molecule has 1 aliphatic rings. The van der Waals surface area contributed by atoms with Crippen LogP contribution in [0.3, 0.4) is 0 Å². The topological polar surface area (TPSA) is 49.0 Å². The van der Waals surface area contributed by atoms with Crippen LogP contribution in [0.1, 0.15) is 17.0 Å². The lowest BCUT2D eigenvalue weighted by molar-refractivity contribution is 0.185. The molecular formula is C16H19N4O+. The third kappa shape index (κ3) is 2.15. The van der Waals surface area contributed by atoms with E-state index in [1.54, 1.807) is 11.2 Å². The summed E-state index contributed by atoms with van der Waals surface area (Å²) in [5, 5.41) is 0. The highest BCUT2D eigenvalue weighted by Gasteiger charge is 2.40. The summed E-state index contributed by atoms with van der Waals surface area (Å²) in [6.45, 7) is 2.46. The van der Waals surface area contributed by atoms with Gasteiger partial charge < -0.3 is 4.98 Å². The SMILES string of the molecule is Cc1[nH]cnc1CN(C)C(=O)[N+]1(C)C=Cc2ccccc21. The molecular weight excluding hydrogens is 264 g/mol. The maximum atomic E-state index is 12.9. The number of fused-ring (bicyclic) bond motifs is 1. The molecule has 1 aliphatic heterocycles. The van der Waals surface area contributed by atoms with Crippen molar-refractivity contribution in [1.29, 1.82) is 0 Å². The Bertz CT molecular complexity index is 719. The number of nitrogens with zero attached hydrogens (tertiary/aromatic N) is 3. The second kappa shape index (κ2) is 4.86. The minimum atomic E-state index is 0.0265. The smallest absolute Gasteiger partial charge is 0.348 e. The molecule has 0 saturated carbocycles. The average molecular weight is 283 g/mol. The number of urea groups is 1. The maximum absolute atomic E-state index is 12.9. The Balaban J connectivity index is 1.86. The number of nitrogens with one attached hydrogen (secondary N) is 1. The quantitative estimate of drug-likeness (QED) is 0.862. The molecule has 1 aromatic heterocycles. The van der Waals surface area contributed by atoms with Gasteiger partial charge in [-0.3, -0.25) is 4.90 Å². The van der Waals surface area contributed by atoms with Crippen LogP contribution in [0.25, 0.3) is 6.08 Å². The molecule has 5 heteroatoms. The Hall–Kier alpha value is -2.40. The molecule has 3 rings (SSSR count). The van der Waals surface area contributed by atoms with E-state index in [1.807, 2.05) is 57.6 Å². The lowest BCUT2D eigenvalue weighted by atomic mass is 10.2. The fourth-order valence-corrected chi connectivity index (χ4v) is 2.72. The number of aromatic amines is 1. The zero-order valence-electron chi connectivity index (χ0n) is 12.5. The Morgan fingerprint density at radius 3 is 2.86 bits per heavy atom. The van der Waals surface area contributed by atoms with Crippen molar-refractivity contribution in [3.8, 4) is 0 Å². The number of quaternary nitrogens is 1. The van der Waals surface area contributed by atoms with Crippen molar-refractivity contribution in [1.82, 2.24) is 19.4 Å². The molecule has 0 bridgehead atoms. The number of hydrogen-bond acceptors (Lipinski definition) is 2. The number of aromatic nitrogens is 2. The highest BCUT2D eigenvalue weighted by molar-refractivity contribution is 5.94. The summed E-state index contributed by atoms with van der Waals surface area (Å²) in [6, 6.07) is 8.01. The molecule has 1 aromatic carbocycles. The van der Waals surface area contributed by atoms with Gasteiger partial charge in [0.1, 0.15) is 6.20 Å². The van der Waals surface area contributed by atoms with E-state index < -0.39 is 0 Å². The molecule has 2 amide bonds. The fraction of sp³-hybridized carbons (Fsp3) is 0.250. The summed E-state index contributed by atoms with van der Waals surface area (Å²) >= 11 is 0. The van der Waals surface area contributed by atoms with Crippen LogP contribution in [0.5, 0.6) is 0 Å². The van der Waals surface area contributed by atoms with Crippen molar-refractivity contribution in [2.45, 2.75) is 13.5 Å². The third-order valence-electron chi connectivity index (χ3n) is 4.03. The third-order valence-corrected chi connectivity index (χ3v) is 4.03. The number of aryl methyl sites for hydroxylation is 1. The number of benzene rings is 1. The molecule has 1 atom stereocenters. The van der Waals surface area contributed by atoms with Gasteiger partial charge in [-0.25, -0.2) is 9.78 Å². The summed E-state index contributed by atoms with van der Waals surface area (Å²) in [5.74, 6) is 0. The fourth-order valence-electron chi connectivity index (χ4n) is 2.72. The number of amides is 2. The van der Waals surface area contributed by atoms with Gasteiger partial charge in [-0.15, -0.1) is 0 Å². The molecule has 0 radical (unpaired) electrons. The van der Waals surface area contributed by atoms with Crippen molar-refractivity contribution in [3.05, 3.63) is 53.7 Å². The Morgan fingerprint density at radius 2 is 2.14 bits per heavy atom. The molecule has 0 aliphatic carbocycles. The van der Waals surface area contributed by atoms with E-state index in [9.17, 15) is 4.79 Å². The van der Waals surface area contributed by atoms with Crippen LogP contribution in [0.4, 0.5) is 10.5 Å². The van der Waals surface area contributed by atoms with Crippen LogP contribution in [0.2, 0.25) is 0 Å². The average Bonchev–Trinajstić information content (AvgIpc) is 3.04. The molecule has 21 heavy (non-hydrogen) atoms. The molecule has 1 N–H and O–H groups in total. The van der Waals surface area contributed by atoms with Gasteiger partial charge >= 0.3 is 6.03 Å². The van der Waals surface area contributed by atoms with E-state index in [1.165, 1.54) is 0 Å². The summed E-state index contributed by atoms with van der Waals surface area (Å²) < 4.78 is 0.163.